The Hall–Kier alpha value is -0.0800. The van der Waals surface area contributed by atoms with Gasteiger partial charge in [0.25, 0.3) is 0 Å². The molecule has 0 aromatic rings. The summed E-state index contributed by atoms with van der Waals surface area (Å²) < 4.78 is 0. The van der Waals surface area contributed by atoms with Crippen LogP contribution in [0.25, 0.3) is 0 Å². The topological polar surface area (TPSA) is 15.3 Å². The van der Waals surface area contributed by atoms with Crippen molar-refractivity contribution in [2.75, 3.05) is 19.6 Å². The normalized spacial score (nSPS) is 14.4. The van der Waals surface area contributed by atoms with Crippen molar-refractivity contribution < 1.29 is 0 Å². The number of hydrogen-bond acceptors (Lipinski definition) is 2. The van der Waals surface area contributed by atoms with Gasteiger partial charge in [-0.25, -0.2) is 0 Å². The molecule has 0 aromatic carbocycles. The average Bonchev–Trinajstić information content (AvgIpc) is 2.32. The summed E-state index contributed by atoms with van der Waals surface area (Å²) in [6.07, 6.45) is 5.23. The highest BCUT2D eigenvalue weighted by atomic mass is 15.1. The first-order chi connectivity index (χ1) is 9.61. The Morgan fingerprint density at radius 1 is 0.810 bits per heavy atom. The second kappa shape index (κ2) is 10.6. The van der Waals surface area contributed by atoms with Gasteiger partial charge in [-0.05, 0) is 84.8 Å². The number of hydrogen-bond donors (Lipinski definition) is 1. The van der Waals surface area contributed by atoms with Gasteiger partial charge < -0.3 is 10.2 Å². The molecule has 0 bridgehead atoms. The molecule has 21 heavy (non-hydrogen) atoms. The smallest absolute Gasteiger partial charge is 0.00965 e. The van der Waals surface area contributed by atoms with Crippen LogP contribution in [0.3, 0.4) is 0 Å². The third kappa shape index (κ3) is 13.3. The fourth-order valence-corrected chi connectivity index (χ4v) is 2.44. The maximum Gasteiger partial charge on any atom is 0.00965 e. The van der Waals surface area contributed by atoms with E-state index in [-0.39, 0.29) is 5.54 Å². The van der Waals surface area contributed by atoms with Crippen LogP contribution in [0.15, 0.2) is 0 Å². The summed E-state index contributed by atoms with van der Waals surface area (Å²) in [5, 5.41) is 3.60. The third-order valence-electron chi connectivity index (χ3n) is 4.06. The number of nitrogens with zero attached hydrogens (tertiary/aromatic N) is 1. The average molecular weight is 299 g/mol. The minimum Gasteiger partial charge on any atom is -0.312 e. The molecule has 0 aliphatic heterocycles. The highest BCUT2D eigenvalue weighted by Gasteiger charge is 2.15. The molecule has 0 radical (unpaired) electrons. The molecule has 0 aliphatic carbocycles. The van der Waals surface area contributed by atoms with Gasteiger partial charge in [-0.2, -0.15) is 0 Å². The van der Waals surface area contributed by atoms with Crippen LogP contribution < -0.4 is 5.32 Å². The summed E-state index contributed by atoms with van der Waals surface area (Å²) >= 11 is 0. The highest BCUT2D eigenvalue weighted by molar-refractivity contribution is 4.73. The SMILES string of the molecule is CC(C)CCN(CCC(C)C)C(C)CCCNC(C)(C)C. The zero-order valence-electron chi connectivity index (χ0n) is 16.1. The molecular weight excluding hydrogens is 256 g/mol. The fourth-order valence-electron chi connectivity index (χ4n) is 2.44. The van der Waals surface area contributed by atoms with Gasteiger partial charge in [0.2, 0.25) is 0 Å². The molecule has 2 heteroatoms. The van der Waals surface area contributed by atoms with E-state index in [1.807, 2.05) is 0 Å². The van der Waals surface area contributed by atoms with Crippen LogP contribution in [0, 0.1) is 11.8 Å². The largest absolute Gasteiger partial charge is 0.312 e. The zero-order chi connectivity index (χ0) is 16.5. The van der Waals surface area contributed by atoms with E-state index in [9.17, 15) is 0 Å². The predicted octanol–water partition coefficient (Wildman–Crippen LogP) is 4.94. The summed E-state index contributed by atoms with van der Waals surface area (Å²) in [5.41, 5.74) is 0.248. The van der Waals surface area contributed by atoms with E-state index >= 15 is 0 Å². The minimum atomic E-state index is 0.248. The van der Waals surface area contributed by atoms with Gasteiger partial charge in [0.15, 0.2) is 0 Å². The monoisotopic (exact) mass is 298 g/mol. The lowest BCUT2D eigenvalue weighted by Gasteiger charge is -2.31. The molecular formula is C19H42N2. The molecule has 1 unspecified atom stereocenters. The van der Waals surface area contributed by atoms with E-state index in [0.29, 0.717) is 6.04 Å². The van der Waals surface area contributed by atoms with E-state index in [2.05, 4.69) is 65.6 Å². The Morgan fingerprint density at radius 2 is 1.29 bits per heavy atom. The van der Waals surface area contributed by atoms with Crippen LogP contribution in [-0.2, 0) is 0 Å². The van der Waals surface area contributed by atoms with E-state index in [1.54, 1.807) is 0 Å². The Morgan fingerprint density at radius 3 is 1.67 bits per heavy atom. The van der Waals surface area contributed by atoms with Crippen LogP contribution >= 0.6 is 0 Å². The second-order valence-corrected chi connectivity index (χ2v) is 8.57. The van der Waals surface area contributed by atoms with E-state index < -0.39 is 0 Å². The lowest BCUT2D eigenvalue weighted by molar-refractivity contribution is 0.176. The van der Waals surface area contributed by atoms with Gasteiger partial charge in [0, 0.05) is 11.6 Å². The standard InChI is InChI=1S/C19H42N2/c1-16(2)11-14-21(15-12-17(3)4)18(5)10-9-13-20-19(6,7)8/h16-18,20H,9-15H2,1-8H3. The van der Waals surface area contributed by atoms with Crippen LogP contribution in [0.5, 0.6) is 0 Å². The molecule has 0 heterocycles. The molecule has 0 amide bonds. The number of rotatable bonds is 11. The summed E-state index contributed by atoms with van der Waals surface area (Å²) in [7, 11) is 0. The molecule has 0 aromatic heterocycles. The van der Waals surface area contributed by atoms with Crippen LogP contribution in [0.2, 0.25) is 0 Å². The van der Waals surface area contributed by atoms with Crippen molar-refractivity contribution in [2.24, 2.45) is 11.8 Å². The first kappa shape index (κ1) is 20.9. The Bertz CT molecular complexity index is 228. The zero-order valence-corrected chi connectivity index (χ0v) is 16.1. The van der Waals surface area contributed by atoms with Crippen molar-refractivity contribution in [1.82, 2.24) is 10.2 Å². The van der Waals surface area contributed by atoms with E-state index in [4.69, 9.17) is 0 Å². The molecule has 0 rings (SSSR count). The minimum absolute atomic E-state index is 0.248. The summed E-state index contributed by atoms with van der Waals surface area (Å²) in [5.74, 6) is 1.61. The lowest BCUT2D eigenvalue weighted by Crippen LogP contribution is -2.38. The Kier molecular flexibility index (Phi) is 10.6. The fraction of sp³-hybridized carbons (Fsp3) is 1.00. The molecule has 0 saturated heterocycles. The first-order valence-electron chi connectivity index (χ1n) is 9.11. The summed E-state index contributed by atoms with van der Waals surface area (Å²) in [4.78, 5) is 2.72. The van der Waals surface area contributed by atoms with Crippen LogP contribution in [0.1, 0.15) is 81.1 Å². The van der Waals surface area contributed by atoms with E-state index in [1.165, 1.54) is 38.8 Å². The van der Waals surface area contributed by atoms with Gasteiger partial charge >= 0.3 is 0 Å². The van der Waals surface area contributed by atoms with Crippen molar-refractivity contribution in [1.29, 1.82) is 0 Å². The Labute approximate surface area is 135 Å². The van der Waals surface area contributed by atoms with Gasteiger partial charge in [-0.1, -0.05) is 27.7 Å². The molecule has 1 N–H and O–H groups in total. The lowest BCUT2D eigenvalue weighted by atomic mass is 10.0. The maximum atomic E-state index is 3.60. The van der Waals surface area contributed by atoms with Gasteiger partial charge in [-0.3, -0.25) is 0 Å². The van der Waals surface area contributed by atoms with Gasteiger partial charge in [0.1, 0.15) is 0 Å². The van der Waals surface area contributed by atoms with Gasteiger partial charge in [0.05, 0.1) is 0 Å². The van der Waals surface area contributed by atoms with Crippen LogP contribution in [0.4, 0.5) is 0 Å². The molecule has 0 saturated carbocycles. The van der Waals surface area contributed by atoms with Gasteiger partial charge in [-0.15, -0.1) is 0 Å². The van der Waals surface area contributed by atoms with Crippen molar-refractivity contribution >= 4 is 0 Å². The third-order valence-corrected chi connectivity index (χ3v) is 4.06. The maximum absolute atomic E-state index is 3.60. The highest BCUT2D eigenvalue weighted by Crippen LogP contribution is 2.13. The summed E-state index contributed by atoms with van der Waals surface area (Å²) in [6, 6.07) is 0.712. The number of nitrogens with one attached hydrogen (secondary N) is 1. The van der Waals surface area contributed by atoms with Crippen molar-refractivity contribution in [3.63, 3.8) is 0 Å². The molecule has 0 spiro atoms. The molecule has 2 nitrogen and oxygen atoms in total. The molecule has 0 fully saturated rings. The van der Waals surface area contributed by atoms with E-state index in [0.717, 1.165) is 18.4 Å². The summed E-state index contributed by atoms with van der Waals surface area (Å²) in [6.45, 7) is 22.1. The van der Waals surface area contributed by atoms with Crippen molar-refractivity contribution in [2.45, 2.75) is 92.7 Å². The quantitative estimate of drug-likeness (QED) is 0.544. The molecule has 0 aliphatic rings. The Balaban J connectivity index is 4.13. The second-order valence-electron chi connectivity index (χ2n) is 8.57. The van der Waals surface area contributed by atoms with Crippen LogP contribution in [-0.4, -0.2) is 36.1 Å². The molecule has 1 atom stereocenters. The predicted molar refractivity (Wildman–Crippen MR) is 96.9 cm³/mol. The van der Waals surface area contributed by atoms with Crippen molar-refractivity contribution in [3.05, 3.63) is 0 Å². The first-order valence-corrected chi connectivity index (χ1v) is 9.11. The molecule has 128 valence electrons. The van der Waals surface area contributed by atoms with Crippen molar-refractivity contribution in [3.8, 4) is 0 Å².